The number of halogens is 1. The zero-order valence-electron chi connectivity index (χ0n) is 13.3. The molecule has 0 aliphatic heterocycles. The minimum atomic E-state index is 0.496. The second-order valence-electron chi connectivity index (χ2n) is 5.62. The summed E-state index contributed by atoms with van der Waals surface area (Å²) >= 11 is 3.47. The van der Waals surface area contributed by atoms with Gasteiger partial charge in [-0.05, 0) is 40.8 Å². The van der Waals surface area contributed by atoms with E-state index < -0.39 is 0 Å². The lowest BCUT2D eigenvalue weighted by atomic mass is 10.1. The van der Waals surface area contributed by atoms with E-state index in [0.29, 0.717) is 18.2 Å². The van der Waals surface area contributed by atoms with Crippen molar-refractivity contribution in [2.75, 3.05) is 0 Å². The monoisotopic (exact) mass is 391 g/mol. The smallest absolute Gasteiger partial charge is 0.240 e. The van der Waals surface area contributed by atoms with Gasteiger partial charge >= 0.3 is 0 Å². The maximum Gasteiger partial charge on any atom is 0.240 e. The summed E-state index contributed by atoms with van der Waals surface area (Å²) in [4.78, 5) is 4.15. The van der Waals surface area contributed by atoms with Crippen molar-refractivity contribution in [3.05, 3.63) is 88.3 Å². The van der Waals surface area contributed by atoms with Crippen LogP contribution in [0.3, 0.4) is 0 Å². The lowest BCUT2D eigenvalue weighted by molar-refractivity contribution is 0.496. The molecule has 0 saturated heterocycles. The van der Waals surface area contributed by atoms with Crippen LogP contribution in [0, 0.1) is 0 Å². The van der Waals surface area contributed by atoms with Gasteiger partial charge < -0.3 is 4.42 Å². The van der Waals surface area contributed by atoms with Crippen LogP contribution in [0.4, 0.5) is 0 Å². The molecule has 4 nitrogen and oxygen atoms in total. The average molecular weight is 392 g/mol. The first-order chi connectivity index (χ1) is 12.3. The first-order valence-corrected chi connectivity index (χ1v) is 8.65. The van der Waals surface area contributed by atoms with Gasteiger partial charge in [0.25, 0.3) is 0 Å². The molecule has 0 aliphatic carbocycles. The second kappa shape index (κ2) is 6.99. The standard InChI is InChI=1S/C20H14BrN3O/c21-17-6-1-3-14(11-17)12-20-24-23-19(25-20)8-7-15-4-2-5-16-13-22-10-9-18(15)16/h1-11,13H,12H2/b8-7+. The third kappa shape index (κ3) is 3.67. The molecule has 4 aromatic rings. The van der Waals surface area contributed by atoms with Gasteiger partial charge in [0, 0.05) is 28.3 Å². The largest absolute Gasteiger partial charge is 0.421 e. The van der Waals surface area contributed by atoms with Crippen LogP contribution in [0.5, 0.6) is 0 Å². The zero-order valence-corrected chi connectivity index (χ0v) is 14.8. The number of aromatic nitrogens is 3. The number of hydrogen-bond donors (Lipinski definition) is 0. The van der Waals surface area contributed by atoms with Crippen LogP contribution in [-0.4, -0.2) is 15.2 Å². The van der Waals surface area contributed by atoms with Gasteiger partial charge in [-0.2, -0.15) is 0 Å². The van der Waals surface area contributed by atoms with Crippen molar-refractivity contribution in [3.8, 4) is 0 Å². The summed E-state index contributed by atoms with van der Waals surface area (Å²) in [6.07, 6.45) is 8.09. The zero-order chi connectivity index (χ0) is 17.1. The Morgan fingerprint density at radius 3 is 2.84 bits per heavy atom. The molecule has 0 N–H and O–H groups in total. The maximum absolute atomic E-state index is 5.72. The number of pyridine rings is 1. The predicted molar refractivity (Wildman–Crippen MR) is 102 cm³/mol. The van der Waals surface area contributed by atoms with Crippen LogP contribution in [-0.2, 0) is 6.42 Å². The maximum atomic E-state index is 5.72. The highest BCUT2D eigenvalue weighted by atomic mass is 79.9. The minimum absolute atomic E-state index is 0.496. The summed E-state index contributed by atoms with van der Waals surface area (Å²) in [6.45, 7) is 0. The van der Waals surface area contributed by atoms with Gasteiger partial charge in [-0.3, -0.25) is 4.98 Å². The molecule has 0 amide bonds. The molecule has 0 spiro atoms. The summed E-state index contributed by atoms with van der Waals surface area (Å²) in [7, 11) is 0. The van der Waals surface area contributed by atoms with Crippen molar-refractivity contribution in [2.24, 2.45) is 0 Å². The van der Waals surface area contributed by atoms with E-state index in [9.17, 15) is 0 Å². The molecule has 0 saturated carbocycles. The number of nitrogens with zero attached hydrogens (tertiary/aromatic N) is 3. The summed E-state index contributed by atoms with van der Waals surface area (Å²) in [6, 6.07) is 16.2. The van der Waals surface area contributed by atoms with E-state index in [1.54, 1.807) is 6.20 Å². The number of hydrogen-bond acceptors (Lipinski definition) is 4. The summed E-state index contributed by atoms with van der Waals surface area (Å²) in [5.74, 6) is 1.09. The fourth-order valence-corrected chi connectivity index (χ4v) is 3.13. The Morgan fingerprint density at radius 1 is 1.00 bits per heavy atom. The van der Waals surface area contributed by atoms with Gasteiger partial charge in [-0.1, -0.05) is 46.3 Å². The van der Waals surface area contributed by atoms with Crippen LogP contribution >= 0.6 is 15.9 Å². The molecular weight excluding hydrogens is 378 g/mol. The lowest BCUT2D eigenvalue weighted by Gasteiger charge is -2.00. The van der Waals surface area contributed by atoms with Crippen molar-refractivity contribution in [3.63, 3.8) is 0 Å². The Balaban J connectivity index is 1.55. The van der Waals surface area contributed by atoms with Crippen LogP contribution in [0.15, 0.2) is 69.8 Å². The van der Waals surface area contributed by atoms with E-state index in [1.807, 2.05) is 60.8 Å². The van der Waals surface area contributed by atoms with E-state index in [2.05, 4.69) is 37.2 Å². The molecule has 25 heavy (non-hydrogen) atoms. The molecule has 0 unspecified atom stereocenters. The number of benzene rings is 2. The first kappa shape index (κ1) is 15.7. The van der Waals surface area contributed by atoms with Crippen LogP contribution in [0.2, 0.25) is 0 Å². The van der Waals surface area contributed by atoms with Crippen LogP contribution < -0.4 is 0 Å². The number of fused-ring (bicyclic) bond motifs is 1. The molecule has 0 fully saturated rings. The van der Waals surface area contributed by atoms with Gasteiger partial charge in [0.2, 0.25) is 11.8 Å². The van der Waals surface area contributed by atoms with Crippen LogP contribution in [0.1, 0.15) is 22.9 Å². The Kier molecular flexibility index (Phi) is 4.39. The van der Waals surface area contributed by atoms with Crippen molar-refractivity contribution >= 4 is 38.9 Å². The Morgan fingerprint density at radius 2 is 1.92 bits per heavy atom. The normalized spacial score (nSPS) is 11.4. The molecule has 5 heteroatoms. The molecule has 0 radical (unpaired) electrons. The molecule has 2 aromatic carbocycles. The van der Waals surface area contributed by atoms with Gasteiger partial charge in [-0.15, -0.1) is 10.2 Å². The van der Waals surface area contributed by atoms with Crippen molar-refractivity contribution in [2.45, 2.75) is 6.42 Å². The SMILES string of the molecule is Brc1cccc(Cc2nnc(/C=C/c3cccc4cnccc34)o2)c1. The molecule has 0 aliphatic rings. The van der Waals surface area contributed by atoms with E-state index in [0.717, 1.165) is 26.4 Å². The lowest BCUT2D eigenvalue weighted by Crippen LogP contribution is -1.87. The summed E-state index contributed by atoms with van der Waals surface area (Å²) < 4.78 is 6.76. The van der Waals surface area contributed by atoms with Gasteiger partial charge in [0.15, 0.2) is 0 Å². The fraction of sp³-hybridized carbons (Fsp3) is 0.0500. The topological polar surface area (TPSA) is 51.8 Å². The van der Waals surface area contributed by atoms with Crippen molar-refractivity contribution < 1.29 is 4.42 Å². The summed E-state index contributed by atoms with van der Waals surface area (Å²) in [5, 5.41) is 10.5. The highest BCUT2D eigenvalue weighted by molar-refractivity contribution is 9.10. The first-order valence-electron chi connectivity index (χ1n) is 7.85. The highest BCUT2D eigenvalue weighted by Gasteiger charge is 2.05. The Hall–Kier alpha value is -2.79. The fourth-order valence-electron chi connectivity index (χ4n) is 2.68. The third-order valence-corrected chi connectivity index (χ3v) is 4.34. The molecule has 0 atom stereocenters. The van der Waals surface area contributed by atoms with E-state index >= 15 is 0 Å². The number of rotatable bonds is 4. The molecular formula is C20H14BrN3O. The third-order valence-electron chi connectivity index (χ3n) is 3.85. The van der Waals surface area contributed by atoms with E-state index in [4.69, 9.17) is 4.42 Å². The molecule has 2 aromatic heterocycles. The van der Waals surface area contributed by atoms with Crippen molar-refractivity contribution in [1.82, 2.24) is 15.2 Å². The Bertz CT molecular complexity index is 1050. The van der Waals surface area contributed by atoms with Crippen LogP contribution in [0.25, 0.3) is 22.9 Å². The van der Waals surface area contributed by atoms with E-state index in [-0.39, 0.29) is 0 Å². The predicted octanol–water partition coefficient (Wildman–Crippen LogP) is 5.14. The minimum Gasteiger partial charge on any atom is -0.421 e. The highest BCUT2D eigenvalue weighted by Crippen LogP contribution is 2.20. The summed E-state index contributed by atoms with van der Waals surface area (Å²) in [5.41, 5.74) is 2.21. The molecule has 122 valence electrons. The second-order valence-corrected chi connectivity index (χ2v) is 6.53. The van der Waals surface area contributed by atoms with Crippen molar-refractivity contribution in [1.29, 1.82) is 0 Å². The van der Waals surface area contributed by atoms with Gasteiger partial charge in [0.1, 0.15) is 0 Å². The van der Waals surface area contributed by atoms with Gasteiger partial charge in [-0.25, -0.2) is 0 Å². The molecule has 4 rings (SSSR count). The van der Waals surface area contributed by atoms with E-state index in [1.165, 1.54) is 0 Å². The quantitative estimate of drug-likeness (QED) is 0.483. The molecule has 2 heterocycles. The van der Waals surface area contributed by atoms with Gasteiger partial charge in [0.05, 0.1) is 6.42 Å². The average Bonchev–Trinajstić information content (AvgIpc) is 3.07. The molecule has 0 bridgehead atoms. The Labute approximate surface area is 153 Å².